The maximum Gasteiger partial charge on any atom is 0.409 e. The second-order valence-electron chi connectivity index (χ2n) is 6.03. The summed E-state index contributed by atoms with van der Waals surface area (Å²) in [6, 6.07) is 3.23. The Labute approximate surface area is 160 Å². The molecule has 1 saturated heterocycles. The lowest BCUT2D eigenvalue weighted by Gasteiger charge is -2.31. The number of carbonyl (C=O) groups is 2. The highest BCUT2D eigenvalue weighted by Gasteiger charge is 2.25. The Balaban J connectivity index is 1.51. The van der Waals surface area contributed by atoms with Gasteiger partial charge in [-0.2, -0.15) is 0 Å². The summed E-state index contributed by atoms with van der Waals surface area (Å²) in [5, 5.41) is 5.77. The van der Waals surface area contributed by atoms with Crippen LogP contribution in [-0.4, -0.2) is 56.0 Å². The van der Waals surface area contributed by atoms with E-state index in [0.717, 1.165) is 0 Å². The number of anilines is 1. The molecule has 0 spiro atoms. The molecule has 2 N–H and O–H groups in total. The summed E-state index contributed by atoms with van der Waals surface area (Å²) in [5.41, 5.74) is 0.607. The number of ether oxygens (including phenoxy) is 3. The van der Waals surface area contributed by atoms with Crippen molar-refractivity contribution in [3.05, 3.63) is 16.6 Å². The lowest BCUT2D eigenvalue weighted by Crippen LogP contribution is -2.47. The molecular weight excluding hydrogens is 406 g/mol. The summed E-state index contributed by atoms with van der Waals surface area (Å²) in [7, 11) is 0. The van der Waals surface area contributed by atoms with Gasteiger partial charge in [0, 0.05) is 35.7 Å². The highest BCUT2D eigenvalue weighted by molar-refractivity contribution is 9.10. The van der Waals surface area contributed by atoms with Gasteiger partial charge < -0.3 is 29.7 Å². The van der Waals surface area contributed by atoms with Crippen LogP contribution in [0.1, 0.15) is 19.8 Å². The first-order valence-electron chi connectivity index (χ1n) is 8.65. The number of halogens is 1. The Kier molecular flexibility index (Phi) is 6.08. The first kappa shape index (κ1) is 18.6. The summed E-state index contributed by atoms with van der Waals surface area (Å²) in [6.45, 7) is 4.28. The van der Waals surface area contributed by atoms with Crippen LogP contribution < -0.4 is 20.1 Å². The molecule has 0 aromatic heterocycles. The van der Waals surface area contributed by atoms with Crippen LogP contribution in [0.25, 0.3) is 0 Å². The van der Waals surface area contributed by atoms with Crippen LogP contribution in [0, 0.1) is 0 Å². The van der Waals surface area contributed by atoms with Crippen molar-refractivity contribution in [3.8, 4) is 11.5 Å². The molecule has 2 heterocycles. The molecule has 0 radical (unpaired) electrons. The van der Waals surface area contributed by atoms with E-state index in [1.54, 1.807) is 24.0 Å². The number of rotatable bonds is 3. The van der Waals surface area contributed by atoms with E-state index in [2.05, 4.69) is 26.6 Å². The number of piperidine rings is 1. The van der Waals surface area contributed by atoms with Crippen molar-refractivity contribution in [1.82, 2.24) is 10.2 Å². The van der Waals surface area contributed by atoms with Crippen LogP contribution in [0.15, 0.2) is 16.6 Å². The number of urea groups is 1. The van der Waals surface area contributed by atoms with Crippen molar-refractivity contribution >= 4 is 33.7 Å². The Hall–Kier alpha value is -2.16. The van der Waals surface area contributed by atoms with Crippen molar-refractivity contribution in [2.75, 3.05) is 38.2 Å². The SMILES string of the molecule is CCOC(=O)N1CCC(NC(=O)Nc2cc3c(cc2Br)OCCO3)CC1. The number of nitrogens with one attached hydrogen (secondary N) is 2. The fourth-order valence-electron chi connectivity index (χ4n) is 2.92. The van der Waals surface area contributed by atoms with Gasteiger partial charge >= 0.3 is 12.1 Å². The third-order valence-corrected chi connectivity index (χ3v) is 4.89. The van der Waals surface area contributed by atoms with Gasteiger partial charge in [-0.1, -0.05) is 0 Å². The fourth-order valence-corrected chi connectivity index (χ4v) is 3.35. The zero-order valence-corrected chi connectivity index (χ0v) is 16.1. The Bertz CT molecular complexity index is 677. The predicted molar refractivity (Wildman–Crippen MR) is 98.9 cm³/mol. The average molecular weight is 428 g/mol. The predicted octanol–water partition coefficient (Wildman–Crippen LogP) is 2.96. The van der Waals surface area contributed by atoms with Crippen LogP contribution in [0.5, 0.6) is 11.5 Å². The minimum atomic E-state index is -0.296. The minimum absolute atomic E-state index is 0.0108. The summed E-state index contributed by atoms with van der Waals surface area (Å²) in [6.07, 6.45) is 1.08. The number of hydrogen-bond acceptors (Lipinski definition) is 5. The molecule has 2 aliphatic heterocycles. The van der Waals surface area contributed by atoms with Gasteiger partial charge in [0.05, 0.1) is 12.3 Å². The molecule has 26 heavy (non-hydrogen) atoms. The van der Waals surface area contributed by atoms with E-state index in [0.29, 0.717) is 67.4 Å². The maximum atomic E-state index is 12.3. The molecule has 0 aliphatic carbocycles. The summed E-state index contributed by atoms with van der Waals surface area (Å²) >= 11 is 3.43. The molecule has 1 fully saturated rings. The van der Waals surface area contributed by atoms with Gasteiger partial charge in [0.15, 0.2) is 11.5 Å². The quantitative estimate of drug-likeness (QED) is 0.773. The molecule has 8 nitrogen and oxygen atoms in total. The smallest absolute Gasteiger partial charge is 0.409 e. The van der Waals surface area contributed by atoms with E-state index in [9.17, 15) is 9.59 Å². The first-order valence-corrected chi connectivity index (χ1v) is 9.44. The molecular formula is C17H22BrN3O5. The standard InChI is InChI=1S/C17H22BrN3O5/c1-2-24-17(23)21-5-3-11(4-6-21)19-16(22)20-13-10-15-14(9-12(13)18)25-7-8-26-15/h9-11H,2-8H2,1H3,(H2,19,20,22). The minimum Gasteiger partial charge on any atom is -0.486 e. The third kappa shape index (κ3) is 4.51. The van der Waals surface area contributed by atoms with Crippen LogP contribution in [-0.2, 0) is 4.74 Å². The van der Waals surface area contributed by atoms with Crippen LogP contribution in [0.4, 0.5) is 15.3 Å². The second-order valence-corrected chi connectivity index (χ2v) is 6.89. The largest absolute Gasteiger partial charge is 0.486 e. The van der Waals surface area contributed by atoms with Crippen molar-refractivity contribution in [2.24, 2.45) is 0 Å². The Morgan fingerprint density at radius 2 is 1.88 bits per heavy atom. The van der Waals surface area contributed by atoms with Crippen molar-refractivity contribution < 1.29 is 23.8 Å². The van der Waals surface area contributed by atoms with Crippen LogP contribution in [0.2, 0.25) is 0 Å². The number of hydrogen-bond donors (Lipinski definition) is 2. The van der Waals surface area contributed by atoms with Crippen molar-refractivity contribution in [2.45, 2.75) is 25.8 Å². The highest BCUT2D eigenvalue weighted by atomic mass is 79.9. The summed E-state index contributed by atoms with van der Waals surface area (Å²) in [5.74, 6) is 1.26. The lowest BCUT2D eigenvalue weighted by atomic mass is 10.1. The maximum absolute atomic E-state index is 12.3. The Morgan fingerprint density at radius 3 is 2.54 bits per heavy atom. The van der Waals surface area contributed by atoms with Crippen molar-refractivity contribution in [1.29, 1.82) is 0 Å². The molecule has 0 saturated carbocycles. The average Bonchev–Trinajstić information content (AvgIpc) is 2.63. The number of benzene rings is 1. The highest BCUT2D eigenvalue weighted by Crippen LogP contribution is 2.38. The molecule has 1 aromatic rings. The number of amides is 3. The van der Waals surface area contributed by atoms with Gasteiger partial charge in [-0.05, 0) is 35.7 Å². The van der Waals surface area contributed by atoms with E-state index in [1.807, 2.05) is 0 Å². The topological polar surface area (TPSA) is 89.1 Å². The van der Waals surface area contributed by atoms with Crippen LogP contribution >= 0.6 is 15.9 Å². The second kappa shape index (κ2) is 8.48. The molecule has 3 rings (SSSR count). The fraction of sp³-hybridized carbons (Fsp3) is 0.529. The van der Waals surface area contributed by atoms with Crippen LogP contribution in [0.3, 0.4) is 0 Å². The Morgan fingerprint density at radius 1 is 1.23 bits per heavy atom. The van der Waals surface area contributed by atoms with E-state index in [-0.39, 0.29) is 18.2 Å². The molecule has 142 valence electrons. The van der Waals surface area contributed by atoms with Gasteiger partial charge in [-0.3, -0.25) is 0 Å². The van der Waals surface area contributed by atoms with Gasteiger partial charge in [-0.15, -0.1) is 0 Å². The number of nitrogens with zero attached hydrogens (tertiary/aromatic N) is 1. The van der Waals surface area contributed by atoms with E-state index in [1.165, 1.54) is 0 Å². The number of likely N-dealkylation sites (tertiary alicyclic amines) is 1. The lowest BCUT2D eigenvalue weighted by molar-refractivity contribution is 0.0959. The normalized spacial score (nSPS) is 16.8. The van der Waals surface area contributed by atoms with Crippen molar-refractivity contribution in [3.63, 3.8) is 0 Å². The summed E-state index contributed by atoms with van der Waals surface area (Å²) in [4.78, 5) is 25.7. The number of carbonyl (C=O) groups excluding carboxylic acids is 2. The summed E-state index contributed by atoms with van der Waals surface area (Å²) < 4.78 is 16.8. The molecule has 1 aromatic carbocycles. The van der Waals surface area contributed by atoms with E-state index >= 15 is 0 Å². The van der Waals surface area contributed by atoms with E-state index < -0.39 is 0 Å². The monoisotopic (exact) mass is 427 g/mol. The molecule has 0 unspecified atom stereocenters. The van der Waals surface area contributed by atoms with Gasteiger partial charge in [0.2, 0.25) is 0 Å². The molecule has 9 heteroatoms. The zero-order valence-electron chi connectivity index (χ0n) is 14.5. The zero-order chi connectivity index (χ0) is 18.5. The third-order valence-electron chi connectivity index (χ3n) is 4.24. The molecule has 0 atom stereocenters. The van der Waals surface area contributed by atoms with Gasteiger partial charge in [-0.25, -0.2) is 9.59 Å². The van der Waals surface area contributed by atoms with Gasteiger partial charge in [0.25, 0.3) is 0 Å². The van der Waals surface area contributed by atoms with Gasteiger partial charge in [0.1, 0.15) is 13.2 Å². The first-order chi connectivity index (χ1) is 12.6. The number of fused-ring (bicyclic) bond motifs is 1. The van der Waals surface area contributed by atoms with E-state index in [4.69, 9.17) is 14.2 Å². The molecule has 0 bridgehead atoms. The molecule has 3 amide bonds. The molecule has 2 aliphatic rings.